The molecule has 0 saturated carbocycles. The van der Waals surface area contributed by atoms with Crippen LogP contribution in [0.2, 0.25) is 5.02 Å². The maximum atomic E-state index is 13.1. The first kappa shape index (κ1) is 25.0. The van der Waals surface area contributed by atoms with Crippen molar-refractivity contribution in [1.29, 1.82) is 0 Å². The molecule has 1 aliphatic rings. The zero-order valence-electron chi connectivity index (χ0n) is 17.7. The highest BCUT2D eigenvalue weighted by atomic mass is 79.9. The Labute approximate surface area is 201 Å². The van der Waals surface area contributed by atoms with E-state index in [9.17, 15) is 22.8 Å². The van der Waals surface area contributed by atoms with Crippen LogP contribution in [0.15, 0.2) is 52.0 Å². The lowest BCUT2D eigenvalue weighted by molar-refractivity contribution is -0.150. The fraction of sp³-hybridized carbons (Fsp3) is 0.318. The Balaban J connectivity index is 1.88. The van der Waals surface area contributed by atoms with E-state index in [0.717, 1.165) is 16.6 Å². The molecule has 3 rings (SSSR count). The zero-order valence-corrected chi connectivity index (χ0v) is 20.0. The minimum Gasteiger partial charge on any atom is -0.465 e. The zero-order chi connectivity index (χ0) is 24.4. The largest absolute Gasteiger partial charge is 0.465 e. The van der Waals surface area contributed by atoms with Gasteiger partial charge in [0.05, 0.1) is 29.4 Å². The number of hydrogen-bond acceptors (Lipinski definition) is 5. The average molecular weight is 547 g/mol. The Hall–Kier alpha value is -2.59. The fourth-order valence-electron chi connectivity index (χ4n) is 3.44. The third kappa shape index (κ3) is 5.67. The molecule has 0 fully saturated rings. The number of rotatable bonds is 6. The van der Waals surface area contributed by atoms with Crippen molar-refractivity contribution in [3.05, 3.63) is 63.1 Å². The number of alkyl halides is 3. The highest BCUT2D eigenvalue weighted by Crippen LogP contribution is 2.38. The Bertz CT molecular complexity index is 1090. The lowest BCUT2D eigenvalue weighted by Gasteiger charge is -2.24. The maximum absolute atomic E-state index is 13.1. The number of anilines is 1. The number of esters is 1. The van der Waals surface area contributed by atoms with Gasteiger partial charge in [-0.25, -0.2) is 0 Å². The van der Waals surface area contributed by atoms with Gasteiger partial charge in [0.2, 0.25) is 5.91 Å². The number of hydrazone groups is 1. The van der Waals surface area contributed by atoms with Gasteiger partial charge in [-0.2, -0.15) is 18.3 Å². The molecule has 0 aliphatic carbocycles. The van der Waals surface area contributed by atoms with Crippen LogP contribution in [0.3, 0.4) is 0 Å². The molecule has 1 unspecified atom stereocenters. The summed E-state index contributed by atoms with van der Waals surface area (Å²) in [6.45, 7) is 3.16. The average Bonchev–Trinajstić information content (AvgIpc) is 3.06. The first-order valence-corrected chi connectivity index (χ1v) is 11.0. The van der Waals surface area contributed by atoms with Crippen molar-refractivity contribution in [2.75, 3.05) is 25.0 Å². The molecule has 6 nitrogen and oxygen atoms in total. The van der Waals surface area contributed by atoms with Crippen molar-refractivity contribution < 1.29 is 27.5 Å². The fourth-order valence-corrected chi connectivity index (χ4v) is 3.99. The Morgan fingerprint density at radius 1 is 1.24 bits per heavy atom. The summed E-state index contributed by atoms with van der Waals surface area (Å²) in [7, 11) is 0. The third-order valence-corrected chi connectivity index (χ3v) is 5.83. The second kappa shape index (κ2) is 9.72. The van der Waals surface area contributed by atoms with Crippen LogP contribution in [-0.4, -0.2) is 42.3 Å². The number of hydrogen-bond donors (Lipinski definition) is 1. The molecule has 2 aromatic carbocycles. The molecule has 1 atom stereocenters. The van der Waals surface area contributed by atoms with Crippen molar-refractivity contribution in [3.8, 4) is 0 Å². The smallest absolute Gasteiger partial charge is 0.417 e. The Morgan fingerprint density at radius 3 is 2.48 bits per heavy atom. The summed E-state index contributed by atoms with van der Waals surface area (Å²) >= 11 is 9.19. The molecule has 1 N–H and O–H groups in total. The van der Waals surface area contributed by atoms with Crippen LogP contribution < -0.4 is 5.32 Å². The van der Waals surface area contributed by atoms with Crippen LogP contribution in [0, 0.1) is 5.41 Å². The van der Waals surface area contributed by atoms with Crippen molar-refractivity contribution in [3.63, 3.8) is 0 Å². The lowest BCUT2D eigenvalue weighted by Crippen LogP contribution is -2.41. The molecule has 1 heterocycles. The molecule has 11 heteroatoms. The van der Waals surface area contributed by atoms with Gasteiger partial charge in [-0.15, -0.1) is 0 Å². The molecular weight excluding hydrogens is 527 g/mol. The highest BCUT2D eigenvalue weighted by molar-refractivity contribution is 9.10. The highest BCUT2D eigenvalue weighted by Gasteiger charge is 2.47. The van der Waals surface area contributed by atoms with Gasteiger partial charge < -0.3 is 10.1 Å². The van der Waals surface area contributed by atoms with Crippen molar-refractivity contribution in [2.24, 2.45) is 10.5 Å². The summed E-state index contributed by atoms with van der Waals surface area (Å²) < 4.78 is 45.3. The predicted octanol–water partition coefficient (Wildman–Crippen LogP) is 5.35. The minimum absolute atomic E-state index is 0.00751. The van der Waals surface area contributed by atoms with E-state index in [1.54, 1.807) is 38.1 Å². The Kier molecular flexibility index (Phi) is 7.38. The van der Waals surface area contributed by atoms with E-state index in [1.807, 2.05) is 0 Å². The number of amides is 1. The van der Waals surface area contributed by atoms with E-state index in [2.05, 4.69) is 26.3 Å². The topological polar surface area (TPSA) is 71.0 Å². The summed E-state index contributed by atoms with van der Waals surface area (Å²) in [5.41, 5.74) is -1.31. The monoisotopic (exact) mass is 545 g/mol. The van der Waals surface area contributed by atoms with Crippen LogP contribution in [0.5, 0.6) is 0 Å². The van der Waals surface area contributed by atoms with Crippen molar-refractivity contribution in [2.45, 2.75) is 20.0 Å². The van der Waals surface area contributed by atoms with E-state index in [0.29, 0.717) is 5.69 Å². The normalized spacial score (nSPS) is 18.2. The molecule has 33 heavy (non-hydrogen) atoms. The molecule has 176 valence electrons. The van der Waals surface area contributed by atoms with Gasteiger partial charge in [0.1, 0.15) is 12.0 Å². The number of halogens is 5. The van der Waals surface area contributed by atoms with Crippen molar-refractivity contribution >= 4 is 50.8 Å². The molecule has 0 bridgehead atoms. The second-order valence-electron chi connectivity index (χ2n) is 7.57. The predicted molar refractivity (Wildman–Crippen MR) is 122 cm³/mol. The molecule has 0 radical (unpaired) electrons. The molecule has 0 saturated heterocycles. The van der Waals surface area contributed by atoms with Gasteiger partial charge in [0.25, 0.3) is 0 Å². The first-order valence-electron chi connectivity index (χ1n) is 9.88. The third-order valence-electron chi connectivity index (χ3n) is 4.99. The molecular formula is C22H20BrClF3N3O3. The number of nitrogens with zero attached hydrogens (tertiary/aromatic N) is 2. The van der Waals surface area contributed by atoms with E-state index in [1.165, 1.54) is 11.1 Å². The molecule has 0 spiro atoms. The summed E-state index contributed by atoms with van der Waals surface area (Å²) in [6, 6.07) is 10.1. The van der Waals surface area contributed by atoms with Crippen LogP contribution in [0.4, 0.5) is 18.9 Å². The van der Waals surface area contributed by atoms with Crippen LogP contribution in [0.1, 0.15) is 25.0 Å². The van der Waals surface area contributed by atoms with E-state index >= 15 is 0 Å². The van der Waals surface area contributed by atoms with Crippen LogP contribution in [-0.2, 0) is 20.5 Å². The number of nitrogens with one attached hydrogen (secondary N) is 1. The quantitative estimate of drug-likeness (QED) is 0.496. The Morgan fingerprint density at radius 2 is 1.91 bits per heavy atom. The number of carbonyl (C=O) groups excluding carboxylic acids is 2. The number of carbonyl (C=O) groups is 2. The van der Waals surface area contributed by atoms with E-state index < -0.39 is 28.1 Å². The molecule has 1 amide bonds. The van der Waals surface area contributed by atoms with Crippen molar-refractivity contribution in [1.82, 2.24) is 5.01 Å². The van der Waals surface area contributed by atoms with Gasteiger partial charge in [-0.05, 0) is 50.2 Å². The molecule has 1 aliphatic heterocycles. The summed E-state index contributed by atoms with van der Waals surface area (Å²) in [6.07, 6.45) is -4.62. The number of benzene rings is 2. The minimum atomic E-state index is -4.62. The first-order chi connectivity index (χ1) is 15.4. The van der Waals surface area contributed by atoms with Gasteiger partial charge in [-0.1, -0.05) is 33.6 Å². The van der Waals surface area contributed by atoms with E-state index in [4.69, 9.17) is 16.3 Å². The second-order valence-corrected chi connectivity index (χ2v) is 8.89. The van der Waals surface area contributed by atoms with Gasteiger partial charge in [0, 0.05) is 15.7 Å². The summed E-state index contributed by atoms with van der Waals surface area (Å²) in [5.74, 6) is -0.977. The SMILES string of the molecule is CCOC(=O)C1(C)CN(CC(=O)Nc2ccc(Br)cc2)N=C1c1ccc(C(F)(F)F)c(Cl)c1. The lowest BCUT2D eigenvalue weighted by atomic mass is 9.82. The molecule has 0 aromatic heterocycles. The van der Waals surface area contributed by atoms with Crippen LogP contribution >= 0.6 is 27.5 Å². The van der Waals surface area contributed by atoms with E-state index in [-0.39, 0.29) is 36.9 Å². The van der Waals surface area contributed by atoms with Gasteiger partial charge in [0.15, 0.2) is 0 Å². The van der Waals surface area contributed by atoms with Gasteiger partial charge >= 0.3 is 12.1 Å². The number of ether oxygens (including phenoxy) is 1. The molecule has 2 aromatic rings. The summed E-state index contributed by atoms with van der Waals surface area (Å²) in [4.78, 5) is 25.3. The van der Waals surface area contributed by atoms with Gasteiger partial charge in [-0.3, -0.25) is 14.6 Å². The standard InChI is InChI=1S/C22H20BrClF3N3O3/c1-3-33-20(32)21(2)12-30(11-18(31)28-15-7-5-14(23)6-8-15)29-19(21)13-4-9-16(17(24)10-13)22(25,26)27/h4-10H,3,11-12H2,1-2H3,(H,28,31). The summed E-state index contributed by atoms with van der Waals surface area (Å²) in [5, 5.41) is 7.98. The van der Waals surface area contributed by atoms with Crippen LogP contribution in [0.25, 0.3) is 0 Å². The maximum Gasteiger partial charge on any atom is 0.417 e.